The summed E-state index contributed by atoms with van der Waals surface area (Å²) in [6.07, 6.45) is -0.370. The van der Waals surface area contributed by atoms with Crippen molar-refractivity contribution in [1.29, 1.82) is 0 Å². The molecule has 24 heavy (non-hydrogen) atoms. The molecular weight excluding hydrogens is 326 g/mol. The second-order valence-corrected chi connectivity index (χ2v) is 6.57. The summed E-state index contributed by atoms with van der Waals surface area (Å²) in [5, 5.41) is 1.83. The number of ether oxygens (including phenoxy) is 1. The van der Waals surface area contributed by atoms with E-state index in [0.717, 1.165) is 5.56 Å². The number of hydrogen-bond donors (Lipinski definition) is 1. The second-order valence-electron chi connectivity index (χ2n) is 5.65. The summed E-state index contributed by atoms with van der Waals surface area (Å²) in [5.41, 5.74) is 1.51. The molecule has 4 rings (SSSR count). The number of benzene rings is 1. The Hall–Kier alpha value is -2.51. The zero-order valence-corrected chi connectivity index (χ0v) is 13.6. The van der Waals surface area contributed by atoms with Crippen molar-refractivity contribution in [2.45, 2.75) is 19.2 Å². The number of thiophene rings is 1. The number of carbonyl (C=O) groups excluding carboxylic acids is 1. The molecule has 1 amide bonds. The molecule has 1 aromatic carbocycles. The fourth-order valence-electron chi connectivity index (χ4n) is 2.59. The third kappa shape index (κ3) is 3.08. The molecule has 1 aliphatic rings. The van der Waals surface area contributed by atoms with Crippen molar-refractivity contribution in [3.63, 3.8) is 0 Å². The van der Waals surface area contributed by atoms with Gasteiger partial charge in [0.1, 0.15) is 10.5 Å². The summed E-state index contributed by atoms with van der Waals surface area (Å²) in [6, 6.07) is 11.5. The molecule has 2 aromatic heterocycles. The third-order valence-corrected chi connectivity index (χ3v) is 4.74. The van der Waals surface area contributed by atoms with Gasteiger partial charge in [0.2, 0.25) is 0 Å². The predicted molar refractivity (Wildman–Crippen MR) is 90.7 cm³/mol. The molecule has 3 heterocycles. The maximum absolute atomic E-state index is 12.5. The maximum atomic E-state index is 12.5. The summed E-state index contributed by atoms with van der Waals surface area (Å²) in [5.74, 6) is 0.405. The first kappa shape index (κ1) is 15.0. The molecule has 0 bridgehead atoms. The Kier molecular flexibility index (Phi) is 3.87. The van der Waals surface area contributed by atoms with E-state index in [0.29, 0.717) is 29.2 Å². The van der Waals surface area contributed by atoms with Gasteiger partial charge in [-0.2, -0.15) is 0 Å². The smallest absolute Gasteiger partial charge is 0.268 e. The summed E-state index contributed by atoms with van der Waals surface area (Å²) >= 11 is 1.36. The van der Waals surface area contributed by atoms with Crippen LogP contribution in [0.25, 0.3) is 10.2 Å². The summed E-state index contributed by atoms with van der Waals surface area (Å²) in [6.45, 7) is 1.15. The minimum absolute atomic E-state index is 0.0769. The number of aromatic nitrogens is 2. The van der Waals surface area contributed by atoms with Crippen molar-refractivity contribution in [3.05, 3.63) is 63.5 Å². The van der Waals surface area contributed by atoms with Gasteiger partial charge in [-0.15, -0.1) is 11.3 Å². The van der Waals surface area contributed by atoms with Crippen LogP contribution in [-0.2, 0) is 22.6 Å². The Labute approximate surface area is 141 Å². The lowest BCUT2D eigenvalue weighted by Gasteiger charge is -2.21. The molecule has 1 unspecified atom stereocenters. The highest BCUT2D eigenvalue weighted by molar-refractivity contribution is 7.17. The number of fused-ring (bicyclic) bond motifs is 1. The average Bonchev–Trinajstić information content (AvgIpc) is 3.32. The molecule has 6 nitrogen and oxygen atoms in total. The Balaban J connectivity index is 1.62. The van der Waals surface area contributed by atoms with Crippen molar-refractivity contribution in [2.24, 2.45) is 0 Å². The van der Waals surface area contributed by atoms with Crippen LogP contribution >= 0.6 is 11.3 Å². The Morgan fingerprint density at radius 1 is 1.29 bits per heavy atom. The Morgan fingerprint density at radius 3 is 2.83 bits per heavy atom. The molecule has 0 spiro atoms. The van der Waals surface area contributed by atoms with Gasteiger partial charge in [-0.1, -0.05) is 30.3 Å². The van der Waals surface area contributed by atoms with E-state index in [1.165, 1.54) is 11.3 Å². The van der Waals surface area contributed by atoms with Crippen LogP contribution in [0.3, 0.4) is 0 Å². The van der Waals surface area contributed by atoms with E-state index in [4.69, 9.17) is 4.74 Å². The molecule has 1 atom stereocenters. The molecular formula is C17H15N3O3S. The lowest BCUT2D eigenvalue weighted by molar-refractivity contribution is -0.133. The first-order valence-corrected chi connectivity index (χ1v) is 8.49. The quantitative estimate of drug-likeness (QED) is 0.719. The van der Waals surface area contributed by atoms with Crippen molar-refractivity contribution in [2.75, 3.05) is 6.61 Å². The highest BCUT2D eigenvalue weighted by atomic mass is 32.1. The van der Waals surface area contributed by atoms with E-state index >= 15 is 0 Å². The largest absolute Gasteiger partial charge is 0.363 e. The molecule has 7 heteroatoms. The van der Waals surface area contributed by atoms with Crippen LogP contribution in [0.15, 0.2) is 46.6 Å². The van der Waals surface area contributed by atoms with Crippen molar-refractivity contribution in [3.8, 4) is 0 Å². The number of aromatic amines is 1. The van der Waals surface area contributed by atoms with Gasteiger partial charge in [0.15, 0.2) is 6.10 Å². The SMILES string of the molecule is O=C(C1CO1)N(Cc1ccccc1)Cc1nc2ccsc2c(=O)[nH]1. The van der Waals surface area contributed by atoms with E-state index in [1.54, 1.807) is 4.90 Å². The highest BCUT2D eigenvalue weighted by Crippen LogP contribution is 2.18. The first-order chi connectivity index (χ1) is 11.7. The third-order valence-electron chi connectivity index (χ3n) is 3.84. The normalized spacial score (nSPS) is 16.2. The van der Waals surface area contributed by atoms with Crippen LogP contribution < -0.4 is 5.56 Å². The number of rotatable bonds is 5. The molecule has 3 aromatic rings. The van der Waals surface area contributed by atoms with Crippen molar-refractivity contribution in [1.82, 2.24) is 14.9 Å². The van der Waals surface area contributed by atoms with Crippen LogP contribution in [0.1, 0.15) is 11.4 Å². The van der Waals surface area contributed by atoms with Gasteiger partial charge in [-0.25, -0.2) is 4.98 Å². The highest BCUT2D eigenvalue weighted by Gasteiger charge is 2.35. The lowest BCUT2D eigenvalue weighted by Crippen LogP contribution is -2.34. The van der Waals surface area contributed by atoms with Gasteiger partial charge >= 0.3 is 0 Å². The van der Waals surface area contributed by atoms with Crippen LogP contribution in [0.5, 0.6) is 0 Å². The van der Waals surface area contributed by atoms with Crippen molar-refractivity contribution >= 4 is 27.5 Å². The average molecular weight is 341 g/mol. The van der Waals surface area contributed by atoms with Crippen LogP contribution in [0.2, 0.25) is 0 Å². The molecule has 0 saturated carbocycles. The fourth-order valence-corrected chi connectivity index (χ4v) is 3.31. The number of hydrogen-bond acceptors (Lipinski definition) is 5. The van der Waals surface area contributed by atoms with Gasteiger partial charge in [0.25, 0.3) is 11.5 Å². The summed E-state index contributed by atoms with van der Waals surface area (Å²) in [4.78, 5) is 33.5. The molecule has 122 valence electrons. The van der Waals surface area contributed by atoms with Gasteiger partial charge in [-0.3, -0.25) is 9.59 Å². The predicted octanol–water partition coefficient (Wildman–Crippen LogP) is 1.91. The second kappa shape index (κ2) is 6.18. The number of amides is 1. The van der Waals surface area contributed by atoms with Gasteiger partial charge in [-0.05, 0) is 17.0 Å². The zero-order chi connectivity index (χ0) is 16.5. The standard InChI is InChI=1S/C17H15N3O3S/c21-16-15-12(6-7-24-15)18-14(19-16)9-20(17(22)13-10-23-13)8-11-4-2-1-3-5-11/h1-7,13H,8-10H2,(H,18,19,21). The molecule has 1 saturated heterocycles. The number of epoxide rings is 1. The number of H-pyrrole nitrogens is 1. The van der Waals surface area contributed by atoms with Crippen LogP contribution in [0.4, 0.5) is 0 Å². The summed E-state index contributed by atoms with van der Waals surface area (Å²) in [7, 11) is 0. The van der Waals surface area contributed by atoms with E-state index in [1.807, 2.05) is 41.8 Å². The molecule has 0 aliphatic carbocycles. The number of nitrogens with one attached hydrogen (secondary N) is 1. The topological polar surface area (TPSA) is 78.6 Å². The molecule has 1 fully saturated rings. The van der Waals surface area contributed by atoms with E-state index in [2.05, 4.69) is 9.97 Å². The minimum Gasteiger partial charge on any atom is -0.363 e. The van der Waals surface area contributed by atoms with Crippen molar-refractivity contribution < 1.29 is 9.53 Å². The van der Waals surface area contributed by atoms with Gasteiger partial charge in [0.05, 0.1) is 18.7 Å². The minimum atomic E-state index is -0.370. The first-order valence-electron chi connectivity index (χ1n) is 7.61. The van der Waals surface area contributed by atoms with Crippen LogP contribution in [0, 0.1) is 0 Å². The Bertz CT molecular complexity index is 931. The summed E-state index contributed by atoms with van der Waals surface area (Å²) < 4.78 is 5.73. The van der Waals surface area contributed by atoms with Crippen LogP contribution in [-0.4, -0.2) is 33.5 Å². The zero-order valence-electron chi connectivity index (χ0n) is 12.8. The van der Waals surface area contributed by atoms with Gasteiger partial charge in [0, 0.05) is 6.54 Å². The molecule has 0 radical (unpaired) electrons. The number of carbonyl (C=O) groups is 1. The lowest BCUT2D eigenvalue weighted by atomic mass is 10.2. The maximum Gasteiger partial charge on any atom is 0.268 e. The monoisotopic (exact) mass is 341 g/mol. The van der Waals surface area contributed by atoms with Gasteiger partial charge < -0.3 is 14.6 Å². The fraction of sp³-hybridized carbons (Fsp3) is 0.235. The van der Waals surface area contributed by atoms with E-state index in [-0.39, 0.29) is 24.1 Å². The molecule has 1 N–H and O–H groups in total. The van der Waals surface area contributed by atoms with E-state index in [9.17, 15) is 9.59 Å². The molecule has 1 aliphatic heterocycles. The number of nitrogens with zero attached hydrogens (tertiary/aromatic N) is 2. The van der Waals surface area contributed by atoms with E-state index < -0.39 is 0 Å². The Morgan fingerprint density at radius 2 is 2.08 bits per heavy atom.